The number of rotatable bonds is 5. The third-order valence-corrected chi connectivity index (χ3v) is 4.85. The van der Waals surface area contributed by atoms with Gasteiger partial charge >= 0.3 is 0 Å². The molecule has 1 heterocycles. The Labute approximate surface area is 161 Å². The summed E-state index contributed by atoms with van der Waals surface area (Å²) in [5.41, 5.74) is 1.64. The van der Waals surface area contributed by atoms with E-state index in [4.69, 9.17) is 16.3 Å². The summed E-state index contributed by atoms with van der Waals surface area (Å²) in [6.07, 6.45) is 1.71. The van der Waals surface area contributed by atoms with Crippen LogP contribution in [0.5, 0.6) is 0 Å². The maximum atomic E-state index is 14.2. The zero-order valence-corrected chi connectivity index (χ0v) is 16.8. The van der Waals surface area contributed by atoms with Gasteiger partial charge in [-0.25, -0.2) is 4.39 Å². The van der Waals surface area contributed by atoms with E-state index in [0.29, 0.717) is 23.8 Å². The smallest absolute Gasteiger partial charge is 0.135 e. The van der Waals surface area contributed by atoms with Crippen LogP contribution in [0.1, 0.15) is 57.4 Å². The number of alkyl halides is 1. The van der Waals surface area contributed by atoms with Gasteiger partial charge in [-0.3, -0.25) is 0 Å². The molecular formula is C21H29ClFNO2. The quantitative estimate of drug-likeness (QED) is 0.696. The number of allylic oxidation sites excluding steroid dienone is 2. The van der Waals surface area contributed by atoms with Gasteiger partial charge in [0, 0.05) is 23.9 Å². The minimum atomic E-state index is -1.74. The van der Waals surface area contributed by atoms with Crippen molar-refractivity contribution < 1.29 is 14.2 Å². The maximum absolute atomic E-state index is 14.2. The van der Waals surface area contributed by atoms with Gasteiger partial charge < -0.3 is 14.7 Å². The average Bonchev–Trinajstić information content (AvgIpc) is 2.79. The van der Waals surface area contributed by atoms with Crippen molar-refractivity contribution in [3.8, 4) is 0 Å². The zero-order chi connectivity index (χ0) is 19.5. The van der Waals surface area contributed by atoms with Crippen molar-refractivity contribution in [2.24, 2.45) is 0 Å². The normalized spacial score (nSPS) is 19.7. The van der Waals surface area contributed by atoms with Crippen LogP contribution in [-0.2, 0) is 4.74 Å². The summed E-state index contributed by atoms with van der Waals surface area (Å²) in [6.45, 7) is 12.9. The van der Waals surface area contributed by atoms with E-state index >= 15 is 0 Å². The molecule has 1 aliphatic rings. The number of hydrogen-bond donors (Lipinski definition) is 1. The molecule has 144 valence electrons. The fourth-order valence-corrected chi connectivity index (χ4v) is 3.42. The highest BCUT2D eigenvalue weighted by molar-refractivity contribution is 6.31. The molecule has 1 unspecified atom stereocenters. The summed E-state index contributed by atoms with van der Waals surface area (Å²) in [4.78, 5) is 2.18. The van der Waals surface area contributed by atoms with Gasteiger partial charge in [-0.2, -0.15) is 0 Å². The highest BCUT2D eigenvalue weighted by Gasteiger charge is 2.31. The van der Waals surface area contributed by atoms with Crippen molar-refractivity contribution >= 4 is 11.6 Å². The van der Waals surface area contributed by atoms with E-state index < -0.39 is 11.8 Å². The molecule has 0 spiro atoms. The van der Waals surface area contributed by atoms with Crippen LogP contribution in [0.4, 0.5) is 4.39 Å². The van der Waals surface area contributed by atoms with E-state index in [0.717, 1.165) is 29.8 Å². The fraction of sp³-hybridized carbons (Fsp3) is 0.524. The minimum Gasteiger partial charge on any atom is -0.385 e. The van der Waals surface area contributed by atoms with Gasteiger partial charge in [0.1, 0.15) is 11.8 Å². The number of aliphatic hydroxyl groups is 1. The van der Waals surface area contributed by atoms with Crippen LogP contribution in [0.15, 0.2) is 42.1 Å². The number of ether oxygens (including phenoxy) is 1. The van der Waals surface area contributed by atoms with Gasteiger partial charge in [0.2, 0.25) is 0 Å². The lowest BCUT2D eigenvalue weighted by Gasteiger charge is -2.33. The molecule has 2 rings (SSSR count). The molecule has 3 nitrogen and oxygen atoms in total. The second-order valence-electron chi connectivity index (χ2n) is 7.60. The van der Waals surface area contributed by atoms with Gasteiger partial charge in [0.15, 0.2) is 0 Å². The Balaban J connectivity index is 2.44. The molecule has 0 aromatic heterocycles. The summed E-state index contributed by atoms with van der Waals surface area (Å²) < 4.78 is 20.0. The molecular weight excluding hydrogens is 353 g/mol. The molecule has 1 aromatic carbocycles. The first-order chi connectivity index (χ1) is 12.1. The molecule has 0 aliphatic carbocycles. The van der Waals surface area contributed by atoms with E-state index in [9.17, 15) is 9.50 Å². The Morgan fingerprint density at radius 1 is 1.46 bits per heavy atom. The van der Waals surface area contributed by atoms with Crippen LogP contribution in [0.3, 0.4) is 0 Å². The first-order valence-electron chi connectivity index (χ1n) is 8.95. The van der Waals surface area contributed by atoms with Crippen LogP contribution < -0.4 is 0 Å². The van der Waals surface area contributed by atoms with Crippen molar-refractivity contribution in [1.29, 1.82) is 0 Å². The summed E-state index contributed by atoms with van der Waals surface area (Å²) in [6, 6.07) is 5.04. The number of halogens is 2. The molecule has 1 saturated heterocycles. The number of benzene rings is 1. The third kappa shape index (κ3) is 5.09. The summed E-state index contributed by atoms with van der Waals surface area (Å²) in [5.74, 6) is 0. The fourth-order valence-electron chi connectivity index (χ4n) is 3.18. The molecule has 0 saturated carbocycles. The number of aliphatic hydroxyl groups excluding tert-OH is 1. The highest BCUT2D eigenvalue weighted by Crippen LogP contribution is 2.36. The van der Waals surface area contributed by atoms with Gasteiger partial charge in [0.05, 0.1) is 12.6 Å². The zero-order valence-electron chi connectivity index (χ0n) is 16.1. The predicted octanol–water partition coefficient (Wildman–Crippen LogP) is 5.36. The van der Waals surface area contributed by atoms with E-state index in [-0.39, 0.29) is 6.04 Å². The van der Waals surface area contributed by atoms with Crippen LogP contribution in [-0.4, -0.2) is 35.4 Å². The first kappa shape index (κ1) is 20.9. The molecule has 0 amide bonds. The largest absolute Gasteiger partial charge is 0.385 e. The summed E-state index contributed by atoms with van der Waals surface area (Å²) in [7, 11) is 0. The van der Waals surface area contributed by atoms with Crippen LogP contribution in [0.2, 0.25) is 5.02 Å². The second-order valence-corrected chi connectivity index (χ2v) is 8.01. The van der Waals surface area contributed by atoms with Crippen LogP contribution in [0, 0.1) is 0 Å². The predicted molar refractivity (Wildman–Crippen MR) is 105 cm³/mol. The van der Waals surface area contributed by atoms with E-state index in [1.807, 2.05) is 19.9 Å². The van der Waals surface area contributed by atoms with Gasteiger partial charge in [0.25, 0.3) is 0 Å². The lowest BCUT2D eigenvalue weighted by Crippen LogP contribution is -2.30. The van der Waals surface area contributed by atoms with Crippen molar-refractivity contribution in [2.45, 2.75) is 51.9 Å². The molecule has 1 N–H and O–H groups in total. The Morgan fingerprint density at radius 2 is 2.15 bits per heavy atom. The van der Waals surface area contributed by atoms with Gasteiger partial charge in [-0.05, 0) is 63.5 Å². The maximum Gasteiger partial charge on any atom is 0.135 e. The Bertz CT molecular complexity index is 677. The van der Waals surface area contributed by atoms with E-state index in [2.05, 4.69) is 11.5 Å². The first-order valence-corrected chi connectivity index (χ1v) is 9.33. The van der Waals surface area contributed by atoms with Gasteiger partial charge in [-0.1, -0.05) is 29.8 Å². The number of nitrogens with zero attached hydrogens (tertiary/aromatic N) is 1. The summed E-state index contributed by atoms with van der Waals surface area (Å²) >= 11 is 6.47. The van der Waals surface area contributed by atoms with E-state index in [1.165, 1.54) is 13.8 Å². The summed E-state index contributed by atoms with van der Waals surface area (Å²) in [5, 5.41) is 10.9. The topological polar surface area (TPSA) is 32.7 Å². The van der Waals surface area contributed by atoms with Crippen molar-refractivity contribution in [2.75, 3.05) is 19.8 Å². The lowest BCUT2D eigenvalue weighted by atomic mass is 9.93. The SMILES string of the molecule is C=C(C=C(C)C)N1CCCOC[C@@H]1c1cc(C(O)C(C)(C)F)ccc1Cl. The Kier molecular flexibility index (Phi) is 6.89. The van der Waals surface area contributed by atoms with Crippen molar-refractivity contribution in [1.82, 2.24) is 4.90 Å². The van der Waals surface area contributed by atoms with Gasteiger partial charge in [-0.15, -0.1) is 0 Å². The monoisotopic (exact) mass is 381 g/mol. The third-order valence-electron chi connectivity index (χ3n) is 4.51. The van der Waals surface area contributed by atoms with Crippen LogP contribution >= 0.6 is 11.6 Å². The molecule has 5 heteroatoms. The molecule has 2 atom stereocenters. The van der Waals surface area contributed by atoms with E-state index in [1.54, 1.807) is 18.2 Å². The Hall–Kier alpha value is -1.36. The molecule has 1 fully saturated rings. The minimum absolute atomic E-state index is 0.136. The Morgan fingerprint density at radius 3 is 2.77 bits per heavy atom. The standard InChI is InChI=1S/C21H29ClFNO2/c1-14(2)11-15(3)24-9-6-10-26-13-19(24)17-12-16(7-8-18(17)22)20(25)21(4,5)23/h7-8,11-12,19-20,25H,3,6,9-10,13H2,1-2,4-5H3/t19-,20?/m1/s1. The average molecular weight is 382 g/mol. The van der Waals surface area contributed by atoms with Crippen LogP contribution in [0.25, 0.3) is 0 Å². The molecule has 1 aliphatic heterocycles. The van der Waals surface area contributed by atoms with Crippen molar-refractivity contribution in [3.63, 3.8) is 0 Å². The molecule has 0 bridgehead atoms. The molecule has 26 heavy (non-hydrogen) atoms. The number of hydrogen-bond acceptors (Lipinski definition) is 3. The van der Waals surface area contributed by atoms with Crippen molar-refractivity contribution in [3.05, 3.63) is 58.3 Å². The molecule has 1 aromatic rings. The second kappa shape index (κ2) is 8.55. The highest BCUT2D eigenvalue weighted by atomic mass is 35.5. The lowest BCUT2D eigenvalue weighted by molar-refractivity contribution is 0.0160. The molecule has 0 radical (unpaired) electrons.